The Morgan fingerprint density at radius 3 is 2.57 bits per heavy atom. The molecule has 0 spiro atoms. The van der Waals surface area contributed by atoms with Crippen molar-refractivity contribution in [2.45, 2.75) is 32.2 Å². The fraction of sp³-hybridized carbons (Fsp3) is 0.318. The Labute approximate surface area is 165 Å². The van der Waals surface area contributed by atoms with E-state index < -0.39 is 0 Å². The lowest BCUT2D eigenvalue weighted by Gasteiger charge is -2.05. The molecule has 0 atom stereocenters. The van der Waals surface area contributed by atoms with Crippen molar-refractivity contribution in [1.29, 1.82) is 0 Å². The van der Waals surface area contributed by atoms with Gasteiger partial charge in [-0.05, 0) is 42.5 Å². The van der Waals surface area contributed by atoms with Crippen LogP contribution in [0, 0.1) is 0 Å². The number of hydrogen-bond acceptors (Lipinski definition) is 4. The Hall–Kier alpha value is -2.99. The molecule has 0 bridgehead atoms. The van der Waals surface area contributed by atoms with Gasteiger partial charge in [0.1, 0.15) is 0 Å². The first-order valence-electron chi connectivity index (χ1n) is 9.63. The highest BCUT2D eigenvalue weighted by molar-refractivity contribution is 5.89. The molecule has 2 aromatic heterocycles. The minimum Gasteiger partial charge on any atom is -0.381 e. The number of carbonyl (C=O) groups excluding carboxylic acids is 1. The summed E-state index contributed by atoms with van der Waals surface area (Å²) in [6.07, 6.45) is 8.34. The van der Waals surface area contributed by atoms with Crippen molar-refractivity contribution in [3.05, 3.63) is 78.2 Å². The number of nitrogens with zero attached hydrogens (tertiary/aromatic N) is 3. The fourth-order valence-electron chi connectivity index (χ4n) is 2.82. The molecule has 2 heterocycles. The number of hydrogen-bond donors (Lipinski definition) is 1. The standard InChI is InChI=1S/C22H26N4O2/c27-22(7-4-17-28-18-12-19-5-2-1-3-6-19)24-21-11-16-26(25-21)15-10-20-8-13-23-14-9-20/h1-3,5-6,8-9,11,13-14,16H,4,7,10,12,15,17-18H2,(H,24,25,27). The van der Waals surface area contributed by atoms with E-state index in [0.717, 1.165) is 19.4 Å². The summed E-state index contributed by atoms with van der Waals surface area (Å²) in [6.45, 7) is 2.02. The lowest BCUT2D eigenvalue weighted by Crippen LogP contribution is -2.13. The molecule has 1 aromatic carbocycles. The number of aryl methyl sites for hydroxylation is 2. The molecule has 3 aromatic rings. The third-order valence-corrected chi connectivity index (χ3v) is 4.36. The van der Waals surface area contributed by atoms with Gasteiger partial charge in [0.25, 0.3) is 0 Å². The van der Waals surface area contributed by atoms with Crippen molar-refractivity contribution in [2.24, 2.45) is 0 Å². The Balaban J connectivity index is 1.28. The zero-order valence-electron chi connectivity index (χ0n) is 16.0. The normalized spacial score (nSPS) is 10.7. The van der Waals surface area contributed by atoms with E-state index in [0.29, 0.717) is 31.9 Å². The average molecular weight is 378 g/mol. The van der Waals surface area contributed by atoms with Gasteiger partial charge in [0.05, 0.1) is 6.61 Å². The van der Waals surface area contributed by atoms with E-state index in [4.69, 9.17) is 4.74 Å². The van der Waals surface area contributed by atoms with E-state index in [1.807, 2.05) is 47.3 Å². The monoisotopic (exact) mass is 378 g/mol. The molecular weight excluding hydrogens is 352 g/mol. The summed E-state index contributed by atoms with van der Waals surface area (Å²) >= 11 is 0. The van der Waals surface area contributed by atoms with E-state index in [1.54, 1.807) is 12.4 Å². The number of aromatic nitrogens is 3. The molecule has 0 fully saturated rings. The largest absolute Gasteiger partial charge is 0.381 e. The summed E-state index contributed by atoms with van der Waals surface area (Å²) in [5.74, 6) is 0.552. The molecule has 0 saturated heterocycles. The molecule has 146 valence electrons. The van der Waals surface area contributed by atoms with Crippen molar-refractivity contribution in [1.82, 2.24) is 14.8 Å². The van der Waals surface area contributed by atoms with E-state index in [9.17, 15) is 4.79 Å². The van der Waals surface area contributed by atoms with Crippen molar-refractivity contribution in [3.63, 3.8) is 0 Å². The van der Waals surface area contributed by atoms with Crippen LogP contribution in [-0.2, 0) is 28.9 Å². The summed E-state index contributed by atoms with van der Waals surface area (Å²) in [4.78, 5) is 16.0. The molecule has 0 aliphatic rings. The topological polar surface area (TPSA) is 69.0 Å². The Bertz CT molecular complexity index is 834. The smallest absolute Gasteiger partial charge is 0.225 e. The van der Waals surface area contributed by atoms with Crippen molar-refractivity contribution < 1.29 is 9.53 Å². The summed E-state index contributed by atoms with van der Waals surface area (Å²) in [6, 6.07) is 16.1. The predicted molar refractivity (Wildman–Crippen MR) is 109 cm³/mol. The third-order valence-electron chi connectivity index (χ3n) is 4.36. The number of rotatable bonds is 11. The second-order valence-electron chi connectivity index (χ2n) is 6.57. The van der Waals surface area contributed by atoms with Gasteiger partial charge in [0, 0.05) is 44.2 Å². The fourth-order valence-corrected chi connectivity index (χ4v) is 2.82. The molecular formula is C22H26N4O2. The van der Waals surface area contributed by atoms with Crippen LogP contribution >= 0.6 is 0 Å². The van der Waals surface area contributed by atoms with Gasteiger partial charge in [0.2, 0.25) is 5.91 Å². The highest BCUT2D eigenvalue weighted by Crippen LogP contribution is 2.06. The summed E-state index contributed by atoms with van der Waals surface area (Å²) in [5, 5.41) is 7.24. The van der Waals surface area contributed by atoms with Gasteiger partial charge >= 0.3 is 0 Å². The zero-order valence-corrected chi connectivity index (χ0v) is 16.0. The number of nitrogens with one attached hydrogen (secondary N) is 1. The van der Waals surface area contributed by atoms with Crippen LogP contribution in [0.5, 0.6) is 0 Å². The van der Waals surface area contributed by atoms with Gasteiger partial charge in [-0.2, -0.15) is 5.10 Å². The molecule has 0 aliphatic carbocycles. The van der Waals surface area contributed by atoms with Crippen LogP contribution in [-0.4, -0.2) is 33.9 Å². The van der Waals surface area contributed by atoms with E-state index >= 15 is 0 Å². The first kappa shape index (κ1) is 19.8. The van der Waals surface area contributed by atoms with E-state index in [-0.39, 0.29) is 5.91 Å². The van der Waals surface area contributed by atoms with Gasteiger partial charge in [-0.15, -0.1) is 0 Å². The van der Waals surface area contributed by atoms with Crippen molar-refractivity contribution in [3.8, 4) is 0 Å². The third kappa shape index (κ3) is 6.96. The highest BCUT2D eigenvalue weighted by atomic mass is 16.5. The SMILES string of the molecule is O=C(CCCOCCc1ccccc1)Nc1ccn(CCc2ccncc2)n1. The first-order valence-corrected chi connectivity index (χ1v) is 9.63. The minimum absolute atomic E-state index is 0.0361. The quantitative estimate of drug-likeness (QED) is 0.519. The van der Waals surface area contributed by atoms with Crippen molar-refractivity contribution in [2.75, 3.05) is 18.5 Å². The Kier molecular flexibility index (Phi) is 7.76. The van der Waals surface area contributed by atoms with E-state index in [1.165, 1.54) is 11.1 Å². The van der Waals surface area contributed by atoms with Crippen LogP contribution in [0.3, 0.4) is 0 Å². The van der Waals surface area contributed by atoms with Crippen LogP contribution < -0.4 is 5.32 Å². The maximum Gasteiger partial charge on any atom is 0.225 e. The molecule has 0 saturated carbocycles. The summed E-state index contributed by atoms with van der Waals surface area (Å²) < 4.78 is 7.45. The zero-order chi connectivity index (χ0) is 19.4. The molecule has 6 nitrogen and oxygen atoms in total. The van der Waals surface area contributed by atoms with Crippen LogP contribution in [0.15, 0.2) is 67.1 Å². The number of pyridine rings is 1. The Morgan fingerprint density at radius 1 is 0.964 bits per heavy atom. The minimum atomic E-state index is -0.0361. The molecule has 0 radical (unpaired) electrons. The van der Waals surface area contributed by atoms with Gasteiger partial charge in [-0.1, -0.05) is 30.3 Å². The lowest BCUT2D eigenvalue weighted by molar-refractivity contribution is -0.116. The van der Waals surface area contributed by atoms with Gasteiger partial charge in [0.15, 0.2) is 5.82 Å². The van der Waals surface area contributed by atoms with Gasteiger partial charge < -0.3 is 10.1 Å². The number of amides is 1. The van der Waals surface area contributed by atoms with Gasteiger partial charge in [-0.3, -0.25) is 14.5 Å². The molecule has 6 heteroatoms. The summed E-state index contributed by atoms with van der Waals surface area (Å²) in [5.41, 5.74) is 2.48. The van der Waals surface area contributed by atoms with Gasteiger partial charge in [-0.25, -0.2) is 0 Å². The van der Waals surface area contributed by atoms with Crippen LogP contribution in [0.2, 0.25) is 0 Å². The van der Waals surface area contributed by atoms with Crippen molar-refractivity contribution >= 4 is 11.7 Å². The molecule has 1 N–H and O–H groups in total. The lowest BCUT2D eigenvalue weighted by atomic mass is 10.2. The Morgan fingerprint density at radius 2 is 1.75 bits per heavy atom. The molecule has 0 unspecified atom stereocenters. The second kappa shape index (κ2) is 11.0. The highest BCUT2D eigenvalue weighted by Gasteiger charge is 2.05. The summed E-state index contributed by atoms with van der Waals surface area (Å²) in [7, 11) is 0. The average Bonchev–Trinajstić information content (AvgIpc) is 3.18. The maximum absolute atomic E-state index is 12.0. The first-order chi connectivity index (χ1) is 13.8. The number of benzene rings is 1. The number of carbonyl (C=O) groups is 1. The number of ether oxygens (including phenoxy) is 1. The maximum atomic E-state index is 12.0. The van der Waals surface area contributed by atoms with Crippen LogP contribution in [0.25, 0.3) is 0 Å². The molecule has 28 heavy (non-hydrogen) atoms. The number of anilines is 1. The molecule has 1 amide bonds. The molecule has 0 aliphatic heterocycles. The second-order valence-corrected chi connectivity index (χ2v) is 6.57. The molecule has 3 rings (SSSR count). The van der Waals surface area contributed by atoms with Crippen LogP contribution in [0.4, 0.5) is 5.82 Å². The predicted octanol–water partition coefficient (Wildman–Crippen LogP) is 3.50. The van der Waals surface area contributed by atoms with Crippen LogP contribution in [0.1, 0.15) is 24.0 Å². The van der Waals surface area contributed by atoms with E-state index in [2.05, 4.69) is 27.5 Å².